The van der Waals surface area contributed by atoms with Crippen molar-refractivity contribution in [1.82, 2.24) is 20.4 Å². The number of rotatable bonds is 4. The Morgan fingerprint density at radius 1 is 1.24 bits per heavy atom. The lowest BCUT2D eigenvalue weighted by atomic mass is 10.2. The maximum atomic E-state index is 12.3. The quantitative estimate of drug-likeness (QED) is 0.906. The number of nitrogens with zero attached hydrogens (tertiary/aromatic N) is 4. The number of para-hydroxylation sites is 1. The van der Waals surface area contributed by atoms with Gasteiger partial charge in [-0.15, -0.1) is 0 Å². The van der Waals surface area contributed by atoms with E-state index in [0.717, 1.165) is 42.5 Å². The van der Waals surface area contributed by atoms with Gasteiger partial charge in [0.1, 0.15) is 0 Å². The summed E-state index contributed by atoms with van der Waals surface area (Å²) in [5, 5.41) is 7.54. The van der Waals surface area contributed by atoms with Crippen molar-refractivity contribution < 1.29 is 9.32 Å². The monoisotopic (exact) mass is 361 g/mol. The lowest BCUT2D eigenvalue weighted by Gasteiger charge is -2.36. The van der Waals surface area contributed by atoms with Gasteiger partial charge in [-0.1, -0.05) is 28.9 Å². The largest absolute Gasteiger partial charge is 0.367 e. The molecule has 1 N–H and O–H groups in total. The van der Waals surface area contributed by atoms with Crippen LogP contribution >= 0.6 is 11.6 Å². The highest BCUT2D eigenvalue weighted by atomic mass is 35.5. The zero-order chi connectivity index (χ0) is 17.2. The van der Waals surface area contributed by atoms with Crippen molar-refractivity contribution in [2.24, 2.45) is 0 Å². The first-order valence-corrected chi connectivity index (χ1v) is 8.93. The van der Waals surface area contributed by atoms with E-state index in [2.05, 4.69) is 20.4 Å². The van der Waals surface area contributed by atoms with Gasteiger partial charge in [-0.05, 0) is 25.0 Å². The fourth-order valence-corrected chi connectivity index (χ4v) is 3.22. The van der Waals surface area contributed by atoms with E-state index in [0.29, 0.717) is 24.9 Å². The SMILES string of the molecule is O=C(NCc1nc(C2CC2)no1)N1CCN(c2ccccc2Cl)CC1. The second-order valence-electron chi connectivity index (χ2n) is 6.40. The number of carbonyl (C=O) groups excluding carboxylic acids is 1. The van der Waals surface area contributed by atoms with Gasteiger partial charge in [0.15, 0.2) is 5.82 Å². The van der Waals surface area contributed by atoms with Crippen LogP contribution in [0.3, 0.4) is 0 Å². The molecule has 0 bridgehead atoms. The Morgan fingerprint density at radius 2 is 2.00 bits per heavy atom. The Morgan fingerprint density at radius 3 is 2.72 bits per heavy atom. The average Bonchev–Trinajstić information content (AvgIpc) is 3.39. The van der Waals surface area contributed by atoms with E-state index in [-0.39, 0.29) is 12.6 Å². The molecule has 4 rings (SSSR count). The molecule has 8 heteroatoms. The third kappa shape index (κ3) is 3.71. The van der Waals surface area contributed by atoms with Gasteiger partial charge in [-0.25, -0.2) is 4.79 Å². The number of benzene rings is 1. The molecule has 1 aliphatic heterocycles. The molecule has 0 atom stereocenters. The first-order valence-electron chi connectivity index (χ1n) is 8.55. The smallest absolute Gasteiger partial charge is 0.317 e. The van der Waals surface area contributed by atoms with Crippen molar-refractivity contribution in [3.05, 3.63) is 41.0 Å². The summed E-state index contributed by atoms with van der Waals surface area (Å²) in [6.07, 6.45) is 2.25. The fraction of sp³-hybridized carbons (Fsp3) is 0.471. The summed E-state index contributed by atoms with van der Waals surface area (Å²) >= 11 is 6.24. The predicted octanol–water partition coefficient (Wildman–Crippen LogP) is 2.63. The molecule has 7 nitrogen and oxygen atoms in total. The van der Waals surface area contributed by atoms with Crippen LogP contribution in [0.15, 0.2) is 28.8 Å². The molecule has 2 aliphatic rings. The number of halogens is 1. The Balaban J connectivity index is 1.27. The van der Waals surface area contributed by atoms with E-state index in [1.165, 1.54) is 0 Å². The van der Waals surface area contributed by atoms with Gasteiger partial charge < -0.3 is 19.6 Å². The lowest BCUT2D eigenvalue weighted by Crippen LogP contribution is -2.51. The third-order valence-electron chi connectivity index (χ3n) is 4.58. The number of nitrogens with one attached hydrogen (secondary N) is 1. The van der Waals surface area contributed by atoms with Crippen LogP contribution in [0.25, 0.3) is 0 Å². The number of carbonyl (C=O) groups is 1. The molecule has 1 saturated heterocycles. The minimum atomic E-state index is -0.106. The van der Waals surface area contributed by atoms with Gasteiger partial charge in [0.05, 0.1) is 17.3 Å². The molecule has 25 heavy (non-hydrogen) atoms. The van der Waals surface area contributed by atoms with E-state index in [4.69, 9.17) is 16.1 Å². The highest BCUT2D eigenvalue weighted by molar-refractivity contribution is 6.33. The predicted molar refractivity (Wildman–Crippen MR) is 93.7 cm³/mol. The molecule has 1 aromatic carbocycles. The Labute approximate surface area is 150 Å². The second kappa shape index (κ2) is 6.92. The fourth-order valence-electron chi connectivity index (χ4n) is 2.97. The molecule has 1 saturated carbocycles. The Hall–Kier alpha value is -2.28. The second-order valence-corrected chi connectivity index (χ2v) is 6.81. The van der Waals surface area contributed by atoms with Crippen LogP contribution in [0, 0.1) is 0 Å². The van der Waals surface area contributed by atoms with E-state index >= 15 is 0 Å². The standard InChI is InChI=1S/C17H20ClN5O2/c18-13-3-1-2-4-14(13)22-7-9-23(10-8-22)17(24)19-11-15-20-16(21-25-15)12-5-6-12/h1-4,12H,5-11H2,(H,19,24). The van der Waals surface area contributed by atoms with E-state index < -0.39 is 0 Å². The molecule has 2 fully saturated rings. The molecule has 132 valence electrons. The minimum Gasteiger partial charge on any atom is -0.367 e. The summed E-state index contributed by atoms with van der Waals surface area (Å²) in [6, 6.07) is 7.67. The molecular weight excluding hydrogens is 342 g/mol. The molecule has 2 aromatic rings. The molecule has 1 aromatic heterocycles. The Bertz CT molecular complexity index is 753. The summed E-state index contributed by atoms with van der Waals surface area (Å²) in [4.78, 5) is 20.6. The topological polar surface area (TPSA) is 74.5 Å². The number of urea groups is 1. The van der Waals surface area contributed by atoms with Crippen LogP contribution < -0.4 is 10.2 Å². The van der Waals surface area contributed by atoms with Gasteiger partial charge in [-0.2, -0.15) is 4.98 Å². The first kappa shape index (κ1) is 16.2. The summed E-state index contributed by atoms with van der Waals surface area (Å²) in [6.45, 7) is 3.07. The van der Waals surface area contributed by atoms with Crippen molar-refractivity contribution >= 4 is 23.3 Å². The first-order chi connectivity index (χ1) is 12.2. The lowest BCUT2D eigenvalue weighted by molar-refractivity contribution is 0.192. The number of hydrogen-bond acceptors (Lipinski definition) is 5. The van der Waals surface area contributed by atoms with Crippen molar-refractivity contribution in [2.75, 3.05) is 31.1 Å². The third-order valence-corrected chi connectivity index (χ3v) is 4.90. The summed E-state index contributed by atoms with van der Waals surface area (Å²) in [7, 11) is 0. The van der Waals surface area contributed by atoms with E-state index in [1.807, 2.05) is 24.3 Å². The maximum absolute atomic E-state index is 12.3. The molecule has 0 unspecified atom stereocenters. The van der Waals surface area contributed by atoms with Gasteiger partial charge >= 0.3 is 6.03 Å². The van der Waals surface area contributed by atoms with Crippen LogP contribution in [0.1, 0.15) is 30.5 Å². The summed E-state index contributed by atoms with van der Waals surface area (Å²) in [5.74, 6) is 1.67. The average molecular weight is 362 g/mol. The van der Waals surface area contributed by atoms with Crippen LogP contribution in [-0.2, 0) is 6.54 Å². The van der Waals surface area contributed by atoms with Crippen LogP contribution in [0.4, 0.5) is 10.5 Å². The maximum Gasteiger partial charge on any atom is 0.317 e. The molecule has 0 radical (unpaired) electrons. The van der Waals surface area contributed by atoms with Gasteiger partial charge in [-0.3, -0.25) is 0 Å². The molecule has 2 amide bonds. The molecule has 1 aliphatic carbocycles. The normalized spacial score (nSPS) is 17.6. The van der Waals surface area contributed by atoms with Gasteiger partial charge in [0, 0.05) is 32.1 Å². The molecule has 0 spiro atoms. The highest BCUT2D eigenvalue weighted by Gasteiger charge is 2.29. The molecule has 2 heterocycles. The summed E-state index contributed by atoms with van der Waals surface area (Å²) in [5.41, 5.74) is 1.02. The number of aromatic nitrogens is 2. The number of piperazine rings is 1. The zero-order valence-corrected chi connectivity index (χ0v) is 14.6. The van der Waals surface area contributed by atoms with Gasteiger partial charge in [0.2, 0.25) is 5.89 Å². The minimum absolute atomic E-state index is 0.106. The van der Waals surface area contributed by atoms with Crippen LogP contribution in [0.5, 0.6) is 0 Å². The van der Waals surface area contributed by atoms with E-state index in [9.17, 15) is 4.79 Å². The highest BCUT2D eigenvalue weighted by Crippen LogP contribution is 2.38. The van der Waals surface area contributed by atoms with Crippen LogP contribution in [0.2, 0.25) is 5.02 Å². The number of amides is 2. The van der Waals surface area contributed by atoms with Crippen molar-refractivity contribution in [3.8, 4) is 0 Å². The van der Waals surface area contributed by atoms with Crippen molar-refractivity contribution in [3.63, 3.8) is 0 Å². The Kier molecular flexibility index (Phi) is 4.48. The van der Waals surface area contributed by atoms with Gasteiger partial charge in [0.25, 0.3) is 0 Å². The van der Waals surface area contributed by atoms with Crippen molar-refractivity contribution in [2.45, 2.75) is 25.3 Å². The number of anilines is 1. The summed E-state index contributed by atoms with van der Waals surface area (Å²) < 4.78 is 5.17. The van der Waals surface area contributed by atoms with E-state index in [1.54, 1.807) is 4.90 Å². The van der Waals surface area contributed by atoms with Crippen molar-refractivity contribution in [1.29, 1.82) is 0 Å². The zero-order valence-electron chi connectivity index (χ0n) is 13.8. The number of hydrogen-bond donors (Lipinski definition) is 1. The van der Waals surface area contributed by atoms with Crippen LogP contribution in [-0.4, -0.2) is 47.3 Å². The molecular formula is C17H20ClN5O2.